The first-order chi connectivity index (χ1) is 3.68. The Labute approximate surface area is 53.5 Å². The average molecular weight is 117 g/mol. The van der Waals surface area contributed by atoms with E-state index in [1.807, 2.05) is 14.1 Å². The number of hydrogen-bond acceptors (Lipinski definition) is 1. The molecule has 0 amide bonds. The first-order valence-electron chi connectivity index (χ1n) is 3.27. The second-order valence-electron chi connectivity index (χ2n) is 2.30. The Hall–Kier alpha value is -0.0400. The molecule has 0 rings (SSSR count). The fourth-order valence-electron chi connectivity index (χ4n) is 0. The van der Waals surface area contributed by atoms with Gasteiger partial charge in [0, 0.05) is 0 Å². The minimum Gasteiger partial charge on any atom is -0.323 e. The SMILES string of the molecule is CCC(C)C.CNC. The van der Waals surface area contributed by atoms with Crippen molar-refractivity contribution in [2.75, 3.05) is 14.1 Å². The summed E-state index contributed by atoms with van der Waals surface area (Å²) in [6.45, 7) is 6.64. The van der Waals surface area contributed by atoms with Gasteiger partial charge >= 0.3 is 0 Å². The topological polar surface area (TPSA) is 12.0 Å². The fraction of sp³-hybridized carbons (Fsp3) is 1.00. The third-order valence-electron chi connectivity index (χ3n) is 0.816. The molecule has 0 aliphatic carbocycles. The summed E-state index contributed by atoms with van der Waals surface area (Å²) in [7, 11) is 3.75. The van der Waals surface area contributed by atoms with Crippen molar-refractivity contribution in [3.05, 3.63) is 0 Å². The van der Waals surface area contributed by atoms with Gasteiger partial charge in [-0.05, 0) is 20.0 Å². The van der Waals surface area contributed by atoms with Crippen LogP contribution in [0.3, 0.4) is 0 Å². The molecule has 0 aliphatic heterocycles. The maximum absolute atomic E-state index is 2.75. The molecule has 0 bridgehead atoms. The van der Waals surface area contributed by atoms with Crippen molar-refractivity contribution in [3.63, 3.8) is 0 Å². The molecule has 0 saturated carbocycles. The Morgan fingerprint density at radius 2 is 1.38 bits per heavy atom. The van der Waals surface area contributed by atoms with Crippen molar-refractivity contribution in [2.45, 2.75) is 27.2 Å². The Kier molecular flexibility index (Phi) is 13.6. The smallest absolute Gasteiger partial charge is 0.0167 e. The second-order valence-corrected chi connectivity index (χ2v) is 2.30. The van der Waals surface area contributed by atoms with Crippen LogP contribution in [0.15, 0.2) is 0 Å². The van der Waals surface area contributed by atoms with Crippen LogP contribution in [0.1, 0.15) is 27.2 Å². The highest BCUT2D eigenvalue weighted by molar-refractivity contribution is 4.32. The highest BCUT2D eigenvalue weighted by Gasteiger charge is 1.80. The van der Waals surface area contributed by atoms with Gasteiger partial charge in [0.2, 0.25) is 0 Å². The minimum atomic E-state index is 0.884. The standard InChI is InChI=1S/C5H12.C2H7N/c1-4-5(2)3;1-3-2/h5H,4H2,1-3H3;3H,1-2H3. The number of hydrogen-bond donors (Lipinski definition) is 1. The van der Waals surface area contributed by atoms with Gasteiger partial charge in [-0.1, -0.05) is 27.2 Å². The zero-order valence-electron chi connectivity index (χ0n) is 6.78. The number of rotatable bonds is 1. The summed E-state index contributed by atoms with van der Waals surface area (Å²) < 4.78 is 0. The predicted molar refractivity (Wildman–Crippen MR) is 40.1 cm³/mol. The first kappa shape index (κ1) is 10.9. The van der Waals surface area contributed by atoms with Crippen LogP contribution in [-0.2, 0) is 0 Å². The van der Waals surface area contributed by atoms with Crippen molar-refractivity contribution in [1.29, 1.82) is 0 Å². The lowest BCUT2D eigenvalue weighted by molar-refractivity contribution is 0.626. The van der Waals surface area contributed by atoms with E-state index in [4.69, 9.17) is 0 Å². The van der Waals surface area contributed by atoms with Crippen LogP contribution in [-0.4, -0.2) is 14.1 Å². The summed E-state index contributed by atoms with van der Waals surface area (Å²) in [5.74, 6) is 0.884. The van der Waals surface area contributed by atoms with E-state index >= 15 is 0 Å². The van der Waals surface area contributed by atoms with Crippen LogP contribution in [0, 0.1) is 5.92 Å². The Balaban J connectivity index is 0. The third-order valence-corrected chi connectivity index (χ3v) is 0.816. The van der Waals surface area contributed by atoms with Crippen LogP contribution >= 0.6 is 0 Å². The number of nitrogens with one attached hydrogen (secondary N) is 1. The third kappa shape index (κ3) is 38.2. The Morgan fingerprint density at radius 3 is 1.38 bits per heavy atom. The molecule has 0 aromatic rings. The van der Waals surface area contributed by atoms with E-state index in [9.17, 15) is 0 Å². The molecule has 0 heterocycles. The zero-order valence-corrected chi connectivity index (χ0v) is 6.78. The van der Waals surface area contributed by atoms with Crippen molar-refractivity contribution in [2.24, 2.45) is 5.92 Å². The first-order valence-corrected chi connectivity index (χ1v) is 3.27. The fourth-order valence-corrected chi connectivity index (χ4v) is 0. The largest absolute Gasteiger partial charge is 0.323 e. The maximum Gasteiger partial charge on any atom is -0.0167 e. The van der Waals surface area contributed by atoms with Crippen LogP contribution in [0.2, 0.25) is 0 Å². The molecule has 0 saturated heterocycles. The predicted octanol–water partition coefficient (Wildman–Crippen LogP) is 1.89. The van der Waals surface area contributed by atoms with E-state index in [-0.39, 0.29) is 0 Å². The summed E-state index contributed by atoms with van der Waals surface area (Å²) in [5.41, 5.74) is 0. The van der Waals surface area contributed by atoms with Gasteiger partial charge in [-0.15, -0.1) is 0 Å². The van der Waals surface area contributed by atoms with E-state index in [1.54, 1.807) is 0 Å². The maximum atomic E-state index is 2.75. The van der Waals surface area contributed by atoms with E-state index in [1.165, 1.54) is 6.42 Å². The van der Waals surface area contributed by atoms with Crippen LogP contribution < -0.4 is 5.32 Å². The average Bonchev–Trinajstić information content (AvgIpc) is 1.69. The molecule has 8 heavy (non-hydrogen) atoms. The van der Waals surface area contributed by atoms with Gasteiger partial charge in [0.1, 0.15) is 0 Å². The van der Waals surface area contributed by atoms with E-state index < -0.39 is 0 Å². The molecule has 0 unspecified atom stereocenters. The summed E-state index contributed by atoms with van der Waals surface area (Å²) >= 11 is 0. The van der Waals surface area contributed by atoms with E-state index in [0.29, 0.717) is 0 Å². The highest BCUT2D eigenvalue weighted by atomic mass is 14.7. The molecule has 0 fully saturated rings. The normalized spacial score (nSPS) is 8.25. The van der Waals surface area contributed by atoms with E-state index in [0.717, 1.165) is 5.92 Å². The van der Waals surface area contributed by atoms with Gasteiger partial charge in [0.25, 0.3) is 0 Å². The molecule has 0 aromatic carbocycles. The van der Waals surface area contributed by atoms with Gasteiger partial charge in [-0.25, -0.2) is 0 Å². The summed E-state index contributed by atoms with van der Waals surface area (Å²) in [5, 5.41) is 2.75. The van der Waals surface area contributed by atoms with Gasteiger partial charge in [0.15, 0.2) is 0 Å². The molecule has 0 atom stereocenters. The molecule has 1 N–H and O–H groups in total. The second kappa shape index (κ2) is 10.0. The van der Waals surface area contributed by atoms with Crippen molar-refractivity contribution < 1.29 is 0 Å². The molecular weight excluding hydrogens is 98.1 g/mol. The molecule has 52 valence electrons. The lowest BCUT2D eigenvalue weighted by Gasteiger charge is -1.90. The summed E-state index contributed by atoms with van der Waals surface area (Å²) in [6.07, 6.45) is 1.31. The van der Waals surface area contributed by atoms with Crippen LogP contribution in [0.25, 0.3) is 0 Å². The van der Waals surface area contributed by atoms with Gasteiger partial charge in [0.05, 0.1) is 0 Å². The van der Waals surface area contributed by atoms with Crippen molar-refractivity contribution in [1.82, 2.24) is 5.32 Å². The molecule has 0 radical (unpaired) electrons. The van der Waals surface area contributed by atoms with Crippen molar-refractivity contribution in [3.8, 4) is 0 Å². The highest BCUT2D eigenvalue weighted by Crippen LogP contribution is 1.93. The zero-order chi connectivity index (χ0) is 6.99. The van der Waals surface area contributed by atoms with Crippen LogP contribution in [0.5, 0.6) is 0 Å². The minimum absolute atomic E-state index is 0.884. The summed E-state index contributed by atoms with van der Waals surface area (Å²) in [6, 6.07) is 0. The van der Waals surface area contributed by atoms with Gasteiger partial charge in [-0.2, -0.15) is 0 Å². The molecule has 0 spiro atoms. The van der Waals surface area contributed by atoms with Gasteiger partial charge < -0.3 is 5.32 Å². The molecule has 1 nitrogen and oxygen atoms in total. The van der Waals surface area contributed by atoms with Gasteiger partial charge in [-0.3, -0.25) is 0 Å². The molecule has 0 aliphatic rings. The quantitative estimate of drug-likeness (QED) is 0.553. The van der Waals surface area contributed by atoms with Crippen LogP contribution in [0.4, 0.5) is 0 Å². The molecule has 0 aromatic heterocycles. The monoisotopic (exact) mass is 117 g/mol. The van der Waals surface area contributed by atoms with E-state index in [2.05, 4.69) is 26.1 Å². The Morgan fingerprint density at radius 1 is 1.25 bits per heavy atom. The Bertz CT molecular complexity index is 25.6. The molecular formula is C7H19N. The molecule has 1 heteroatoms. The lowest BCUT2D eigenvalue weighted by Crippen LogP contribution is -1.89. The van der Waals surface area contributed by atoms with Crippen molar-refractivity contribution >= 4 is 0 Å². The summed E-state index contributed by atoms with van der Waals surface area (Å²) in [4.78, 5) is 0. The lowest BCUT2D eigenvalue weighted by atomic mass is 10.2.